The average molecular weight is 231 g/mol. The number of benzene rings is 1. The van der Waals surface area contributed by atoms with Gasteiger partial charge < -0.3 is 15.6 Å². The zero-order chi connectivity index (χ0) is 12.1. The van der Waals surface area contributed by atoms with Crippen molar-refractivity contribution in [2.75, 3.05) is 20.1 Å². The molecule has 0 atom stereocenters. The fraction of sp³-hybridized carbons (Fsp3) is 0.308. The number of fused-ring (bicyclic) bond motifs is 1. The quantitative estimate of drug-likeness (QED) is 0.720. The lowest BCUT2D eigenvalue weighted by molar-refractivity contribution is -0.120. The average Bonchev–Trinajstić information content (AvgIpc) is 2.73. The fourth-order valence-corrected chi connectivity index (χ4v) is 1.90. The van der Waals surface area contributed by atoms with Gasteiger partial charge >= 0.3 is 0 Å². The van der Waals surface area contributed by atoms with E-state index < -0.39 is 0 Å². The van der Waals surface area contributed by atoms with Gasteiger partial charge in [-0.15, -0.1) is 0 Å². The lowest BCUT2D eigenvalue weighted by atomic mass is 10.1. The molecule has 0 fully saturated rings. The molecule has 1 amide bonds. The number of carbonyl (C=O) groups excluding carboxylic acids is 1. The molecule has 1 aromatic heterocycles. The Bertz CT molecular complexity index is 504. The Morgan fingerprint density at radius 1 is 1.35 bits per heavy atom. The van der Waals surface area contributed by atoms with Gasteiger partial charge in [0.25, 0.3) is 0 Å². The van der Waals surface area contributed by atoms with Gasteiger partial charge in [0.1, 0.15) is 0 Å². The van der Waals surface area contributed by atoms with Crippen LogP contribution in [0.5, 0.6) is 0 Å². The van der Waals surface area contributed by atoms with E-state index in [1.165, 1.54) is 10.9 Å². The Hall–Kier alpha value is -1.81. The van der Waals surface area contributed by atoms with Crippen molar-refractivity contribution in [3.63, 3.8) is 0 Å². The molecule has 0 aliphatic carbocycles. The molecule has 0 bridgehead atoms. The molecule has 3 N–H and O–H groups in total. The van der Waals surface area contributed by atoms with Crippen LogP contribution in [-0.4, -0.2) is 31.0 Å². The first-order valence-electron chi connectivity index (χ1n) is 5.77. The summed E-state index contributed by atoms with van der Waals surface area (Å²) >= 11 is 0. The molecule has 90 valence electrons. The van der Waals surface area contributed by atoms with Crippen LogP contribution in [0, 0.1) is 0 Å². The van der Waals surface area contributed by atoms with Crippen LogP contribution in [0.1, 0.15) is 5.56 Å². The molecular formula is C13H17N3O. The molecule has 0 radical (unpaired) electrons. The number of H-pyrrole nitrogens is 1. The highest BCUT2D eigenvalue weighted by Gasteiger charge is 2.03. The lowest BCUT2D eigenvalue weighted by Gasteiger charge is -2.03. The molecule has 2 aromatic rings. The minimum absolute atomic E-state index is 0.0346. The van der Waals surface area contributed by atoms with Gasteiger partial charge in [0.05, 0.1) is 6.54 Å². The second kappa shape index (κ2) is 5.50. The lowest BCUT2D eigenvalue weighted by Crippen LogP contribution is -2.33. The zero-order valence-corrected chi connectivity index (χ0v) is 9.92. The summed E-state index contributed by atoms with van der Waals surface area (Å²) in [5, 5.41) is 6.93. The number of likely N-dealkylation sites (N-methyl/N-ethyl adjacent to an activating group) is 1. The molecule has 2 rings (SSSR count). The van der Waals surface area contributed by atoms with Gasteiger partial charge in [0, 0.05) is 23.6 Å². The van der Waals surface area contributed by atoms with E-state index in [1.807, 2.05) is 18.3 Å². The van der Waals surface area contributed by atoms with Gasteiger partial charge in [-0.1, -0.05) is 18.2 Å². The van der Waals surface area contributed by atoms with Crippen LogP contribution in [0.25, 0.3) is 10.9 Å². The number of rotatable bonds is 5. The number of carbonyl (C=O) groups is 1. The summed E-state index contributed by atoms with van der Waals surface area (Å²) in [5.74, 6) is 0.0346. The first-order valence-corrected chi connectivity index (χ1v) is 5.77. The molecule has 1 aromatic carbocycles. The molecule has 0 aliphatic rings. The van der Waals surface area contributed by atoms with Crippen molar-refractivity contribution in [2.24, 2.45) is 0 Å². The minimum Gasteiger partial charge on any atom is -0.361 e. The Morgan fingerprint density at radius 3 is 3.00 bits per heavy atom. The molecule has 17 heavy (non-hydrogen) atoms. The van der Waals surface area contributed by atoms with Crippen LogP contribution in [0.4, 0.5) is 0 Å². The molecule has 1 heterocycles. The van der Waals surface area contributed by atoms with Crippen molar-refractivity contribution in [3.05, 3.63) is 36.0 Å². The van der Waals surface area contributed by atoms with Crippen LogP contribution in [0.3, 0.4) is 0 Å². The fourth-order valence-electron chi connectivity index (χ4n) is 1.90. The molecule has 0 saturated carbocycles. The predicted octanol–water partition coefficient (Wildman–Crippen LogP) is 1.05. The second-order valence-electron chi connectivity index (χ2n) is 3.99. The third kappa shape index (κ3) is 2.85. The Kier molecular flexibility index (Phi) is 3.77. The summed E-state index contributed by atoms with van der Waals surface area (Å²) in [6, 6.07) is 8.19. The zero-order valence-electron chi connectivity index (χ0n) is 9.92. The smallest absolute Gasteiger partial charge is 0.233 e. The SMILES string of the molecule is CNCC(=O)NCCc1c[nH]c2ccccc12. The first kappa shape index (κ1) is 11.7. The standard InChI is InChI=1S/C13H17N3O/c1-14-9-13(17)15-7-6-10-8-16-12-5-3-2-4-11(10)12/h2-5,8,14,16H,6-7,9H2,1H3,(H,15,17). The number of amides is 1. The maximum atomic E-state index is 11.3. The Morgan fingerprint density at radius 2 is 2.18 bits per heavy atom. The van der Waals surface area contributed by atoms with E-state index in [-0.39, 0.29) is 5.91 Å². The highest BCUT2D eigenvalue weighted by atomic mass is 16.1. The maximum Gasteiger partial charge on any atom is 0.233 e. The summed E-state index contributed by atoms with van der Waals surface area (Å²) < 4.78 is 0. The highest BCUT2D eigenvalue weighted by molar-refractivity contribution is 5.83. The summed E-state index contributed by atoms with van der Waals surface area (Å²) in [6.07, 6.45) is 2.86. The van der Waals surface area contributed by atoms with Crippen LogP contribution in [0.15, 0.2) is 30.5 Å². The third-order valence-corrected chi connectivity index (χ3v) is 2.73. The van der Waals surface area contributed by atoms with E-state index in [0.29, 0.717) is 13.1 Å². The number of aromatic nitrogens is 1. The van der Waals surface area contributed by atoms with Crippen LogP contribution >= 0.6 is 0 Å². The second-order valence-corrected chi connectivity index (χ2v) is 3.99. The van der Waals surface area contributed by atoms with Crippen molar-refractivity contribution in [1.29, 1.82) is 0 Å². The minimum atomic E-state index is 0.0346. The number of hydrogen-bond donors (Lipinski definition) is 3. The van der Waals surface area contributed by atoms with Crippen molar-refractivity contribution in [1.82, 2.24) is 15.6 Å². The van der Waals surface area contributed by atoms with E-state index >= 15 is 0 Å². The van der Waals surface area contributed by atoms with Crippen molar-refractivity contribution in [3.8, 4) is 0 Å². The van der Waals surface area contributed by atoms with Gasteiger partial charge in [-0.25, -0.2) is 0 Å². The monoisotopic (exact) mass is 231 g/mol. The largest absolute Gasteiger partial charge is 0.361 e. The third-order valence-electron chi connectivity index (χ3n) is 2.73. The van der Waals surface area contributed by atoms with Gasteiger partial charge in [0.2, 0.25) is 5.91 Å². The van der Waals surface area contributed by atoms with Crippen molar-refractivity contribution < 1.29 is 4.79 Å². The number of para-hydroxylation sites is 1. The van der Waals surface area contributed by atoms with Crippen LogP contribution in [0.2, 0.25) is 0 Å². The number of hydrogen-bond acceptors (Lipinski definition) is 2. The molecule has 0 spiro atoms. The molecular weight excluding hydrogens is 214 g/mol. The predicted molar refractivity (Wildman–Crippen MR) is 68.9 cm³/mol. The Balaban J connectivity index is 1.93. The molecule has 0 aliphatic heterocycles. The number of aromatic amines is 1. The normalized spacial score (nSPS) is 10.6. The molecule has 4 heteroatoms. The van der Waals surface area contributed by atoms with Crippen LogP contribution < -0.4 is 10.6 Å². The van der Waals surface area contributed by atoms with E-state index in [1.54, 1.807) is 7.05 Å². The van der Waals surface area contributed by atoms with E-state index in [2.05, 4.69) is 27.8 Å². The summed E-state index contributed by atoms with van der Waals surface area (Å²) in [6.45, 7) is 1.04. The van der Waals surface area contributed by atoms with E-state index in [4.69, 9.17) is 0 Å². The molecule has 0 saturated heterocycles. The molecule has 4 nitrogen and oxygen atoms in total. The van der Waals surface area contributed by atoms with Crippen molar-refractivity contribution >= 4 is 16.8 Å². The highest BCUT2D eigenvalue weighted by Crippen LogP contribution is 2.17. The van der Waals surface area contributed by atoms with E-state index in [9.17, 15) is 4.79 Å². The summed E-state index contributed by atoms with van der Waals surface area (Å²) in [4.78, 5) is 14.5. The van der Waals surface area contributed by atoms with Gasteiger partial charge in [0.15, 0.2) is 0 Å². The molecule has 0 unspecified atom stereocenters. The van der Waals surface area contributed by atoms with Crippen molar-refractivity contribution in [2.45, 2.75) is 6.42 Å². The van der Waals surface area contributed by atoms with E-state index in [0.717, 1.165) is 11.9 Å². The topological polar surface area (TPSA) is 56.9 Å². The first-order chi connectivity index (χ1) is 8.31. The van der Waals surface area contributed by atoms with Gasteiger partial charge in [-0.05, 0) is 25.1 Å². The summed E-state index contributed by atoms with van der Waals surface area (Å²) in [5.41, 5.74) is 2.38. The van der Waals surface area contributed by atoms with Gasteiger partial charge in [-0.2, -0.15) is 0 Å². The maximum absolute atomic E-state index is 11.3. The van der Waals surface area contributed by atoms with Gasteiger partial charge in [-0.3, -0.25) is 4.79 Å². The summed E-state index contributed by atoms with van der Waals surface area (Å²) in [7, 11) is 1.76. The number of nitrogens with one attached hydrogen (secondary N) is 3. The Labute approximate surface area is 100 Å². The van der Waals surface area contributed by atoms with Crippen LogP contribution in [-0.2, 0) is 11.2 Å².